The molecule has 0 aliphatic carbocycles. The Bertz CT molecular complexity index is 620. The van der Waals surface area contributed by atoms with Gasteiger partial charge < -0.3 is 9.80 Å². The van der Waals surface area contributed by atoms with Crippen LogP contribution >= 0.6 is 11.3 Å². The highest BCUT2D eigenvalue weighted by Crippen LogP contribution is 2.19. The Morgan fingerprint density at radius 3 is 2.64 bits per heavy atom. The van der Waals surface area contributed by atoms with Crippen molar-refractivity contribution in [1.29, 1.82) is 0 Å². The number of thiazole rings is 1. The average Bonchev–Trinajstić information content (AvgIpc) is 3.20. The third-order valence-electron chi connectivity index (χ3n) is 3.99. The number of carbonyl (C=O) groups is 1. The lowest BCUT2D eigenvalue weighted by molar-refractivity contribution is 0.0980. The van der Waals surface area contributed by atoms with Gasteiger partial charge in [0.05, 0.1) is 5.01 Å². The summed E-state index contributed by atoms with van der Waals surface area (Å²) >= 11 is 1.52. The van der Waals surface area contributed by atoms with Gasteiger partial charge in [0.1, 0.15) is 5.69 Å². The zero-order chi connectivity index (χ0) is 15.4. The summed E-state index contributed by atoms with van der Waals surface area (Å²) in [6, 6.07) is 9.89. The normalized spacial score (nSPS) is 15.1. The molecule has 2 heterocycles. The second-order valence-electron chi connectivity index (χ2n) is 5.59. The maximum Gasteiger partial charge on any atom is 0.277 e. The molecule has 0 unspecified atom stereocenters. The minimum Gasteiger partial charge on any atom is -0.306 e. The van der Waals surface area contributed by atoms with Crippen molar-refractivity contribution in [3.8, 4) is 0 Å². The number of hydrogen-bond acceptors (Lipinski definition) is 4. The molecule has 5 heteroatoms. The van der Waals surface area contributed by atoms with Gasteiger partial charge in [-0.15, -0.1) is 11.3 Å². The zero-order valence-electron chi connectivity index (χ0n) is 12.9. The van der Waals surface area contributed by atoms with Crippen molar-refractivity contribution in [1.82, 2.24) is 9.88 Å². The molecular weight excluding hydrogens is 294 g/mol. The van der Waals surface area contributed by atoms with Crippen molar-refractivity contribution in [2.24, 2.45) is 0 Å². The lowest BCUT2D eigenvalue weighted by atomic mass is 10.2. The highest BCUT2D eigenvalue weighted by molar-refractivity contribution is 7.09. The molecule has 1 aliphatic heterocycles. The fraction of sp³-hybridized carbons (Fsp3) is 0.412. The SMILES string of the molecule is Cc1nc(C(=O)N(CCN2CCCC2)c2ccccc2)cs1. The Kier molecular flexibility index (Phi) is 4.85. The lowest BCUT2D eigenvalue weighted by Crippen LogP contribution is -2.38. The minimum absolute atomic E-state index is 0.00486. The van der Waals surface area contributed by atoms with Crippen LogP contribution < -0.4 is 4.90 Å². The minimum atomic E-state index is -0.00486. The predicted octanol–water partition coefficient (Wildman–Crippen LogP) is 3.19. The molecule has 1 aliphatic rings. The molecule has 0 spiro atoms. The molecule has 22 heavy (non-hydrogen) atoms. The fourth-order valence-electron chi connectivity index (χ4n) is 2.80. The van der Waals surface area contributed by atoms with Crippen LogP contribution in [0.25, 0.3) is 0 Å². The van der Waals surface area contributed by atoms with Gasteiger partial charge in [0.2, 0.25) is 0 Å². The molecule has 1 aromatic carbocycles. The number of rotatable bonds is 5. The van der Waals surface area contributed by atoms with Crippen LogP contribution in [-0.2, 0) is 0 Å². The monoisotopic (exact) mass is 315 g/mol. The van der Waals surface area contributed by atoms with Gasteiger partial charge in [0.15, 0.2) is 0 Å². The van der Waals surface area contributed by atoms with E-state index in [4.69, 9.17) is 0 Å². The Morgan fingerprint density at radius 2 is 2.00 bits per heavy atom. The topological polar surface area (TPSA) is 36.4 Å². The number of hydrogen-bond donors (Lipinski definition) is 0. The van der Waals surface area contributed by atoms with E-state index < -0.39 is 0 Å². The van der Waals surface area contributed by atoms with Crippen molar-refractivity contribution >= 4 is 22.9 Å². The van der Waals surface area contributed by atoms with E-state index in [1.54, 1.807) is 0 Å². The second kappa shape index (κ2) is 7.03. The number of aryl methyl sites for hydroxylation is 1. The second-order valence-corrected chi connectivity index (χ2v) is 6.66. The molecule has 0 radical (unpaired) electrons. The zero-order valence-corrected chi connectivity index (χ0v) is 13.7. The summed E-state index contributed by atoms with van der Waals surface area (Å²) in [5.74, 6) is -0.00486. The Hall–Kier alpha value is -1.72. The van der Waals surface area contributed by atoms with E-state index in [0.717, 1.165) is 30.3 Å². The molecule has 0 N–H and O–H groups in total. The van der Waals surface area contributed by atoms with E-state index in [1.807, 2.05) is 47.5 Å². The van der Waals surface area contributed by atoms with Crippen LogP contribution in [0, 0.1) is 6.92 Å². The number of nitrogens with zero attached hydrogens (tertiary/aromatic N) is 3. The highest BCUT2D eigenvalue weighted by Gasteiger charge is 2.21. The molecule has 1 saturated heterocycles. The maximum absolute atomic E-state index is 12.8. The number of para-hydroxylation sites is 1. The summed E-state index contributed by atoms with van der Waals surface area (Å²) < 4.78 is 0. The molecule has 1 fully saturated rings. The van der Waals surface area contributed by atoms with Crippen LogP contribution in [0.5, 0.6) is 0 Å². The average molecular weight is 315 g/mol. The van der Waals surface area contributed by atoms with Gasteiger partial charge in [-0.1, -0.05) is 18.2 Å². The van der Waals surface area contributed by atoms with Crippen LogP contribution in [0.4, 0.5) is 5.69 Å². The van der Waals surface area contributed by atoms with Crippen LogP contribution in [0.3, 0.4) is 0 Å². The molecule has 3 rings (SSSR count). The predicted molar refractivity (Wildman–Crippen MR) is 90.6 cm³/mol. The van der Waals surface area contributed by atoms with Crippen molar-refractivity contribution in [2.45, 2.75) is 19.8 Å². The van der Waals surface area contributed by atoms with Crippen LogP contribution in [0.1, 0.15) is 28.3 Å². The quantitative estimate of drug-likeness (QED) is 0.850. The van der Waals surface area contributed by atoms with Gasteiger partial charge in [-0.3, -0.25) is 4.79 Å². The molecule has 4 nitrogen and oxygen atoms in total. The maximum atomic E-state index is 12.8. The van der Waals surface area contributed by atoms with Crippen molar-refractivity contribution in [2.75, 3.05) is 31.1 Å². The lowest BCUT2D eigenvalue weighted by Gasteiger charge is -2.25. The molecule has 0 atom stereocenters. The van der Waals surface area contributed by atoms with Crippen molar-refractivity contribution in [3.63, 3.8) is 0 Å². The number of benzene rings is 1. The summed E-state index contributed by atoms with van der Waals surface area (Å²) in [6.07, 6.45) is 2.54. The standard InChI is InChI=1S/C17H21N3OS/c1-14-18-16(13-22-14)17(21)20(15-7-3-2-4-8-15)12-11-19-9-5-6-10-19/h2-4,7-8,13H,5-6,9-12H2,1H3. The molecule has 0 bridgehead atoms. The van der Waals surface area contributed by atoms with Gasteiger partial charge in [0, 0.05) is 24.2 Å². The van der Waals surface area contributed by atoms with Crippen molar-refractivity contribution < 1.29 is 4.79 Å². The van der Waals surface area contributed by atoms with Crippen LogP contribution in [-0.4, -0.2) is 42.0 Å². The Morgan fingerprint density at radius 1 is 1.27 bits per heavy atom. The summed E-state index contributed by atoms with van der Waals surface area (Å²) in [7, 11) is 0. The number of carbonyl (C=O) groups excluding carboxylic acids is 1. The number of anilines is 1. The van der Waals surface area contributed by atoms with E-state index in [1.165, 1.54) is 24.2 Å². The molecule has 1 amide bonds. The first-order valence-electron chi connectivity index (χ1n) is 7.75. The molecule has 0 saturated carbocycles. The largest absolute Gasteiger partial charge is 0.306 e. The number of aromatic nitrogens is 1. The van der Waals surface area contributed by atoms with Gasteiger partial charge in [-0.25, -0.2) is 4.98 Å². The van der Waals surface area contributed by atoms with Crippen LogP contribution in [0.2, 0.25) is 0 Å². The summed E-state index contributed by atoms with van der Waals surface area (Å²) in [5.41, 5.74) is 1.49. The van der Waals surface area contributed by atoms with Gasteiger partial charge >= 0.3 is 0 Å². The molecule has 1 aromatic heterocycles. The van der Waals surface area contributed by atoms with E-state index >= 15 is 0 Å². The van der Waals surface area contributed by atoms with E-state index in [-0.39, 0.29) is 5.91 Å². The third kappa shape index (κ3) is 3.54. The summed E-state index contributed by atoms with van der Waals surface area (Å²) in [5, 5.41) is 2.78. The van der Waals surface area contributed by atoms with Crippen LogP contribution in [0.15, 0.2) is 35.7 Å². The van der Waals surface area contributed by atoms with Gasteiger partial charge in [-0.2, -0.15) is 0 Å². The number of amides is 1. The first kappa shape index (κ1) is 15.2. The van der Waals surface area contributed by atoms with Gasteiger partial charge in [-0.05, 0) is 45.0 Å². The molecule has 2 aromatic rings. The number of likely N-dealkylation sites (tertiary alicyclic amines) is 1. The first-order valence-corrected chi connectivity index (χ1v) is 8.63. The first-order chi connectivity index (χ1) is 10.7. The Labute approximate surface area is 135 Å². The summed E-state index contributed by atoms with van der Waals surface area (Å²) in [6.45, 7) is 5.85. The Balaban J connectivity index is 1.77. The van der Waals surface area contributed by atoms with E-state index in [9.17, 15) is 4.79 Å². The van der Waals surface area contributed by atoms with Gasteiger partial charge in [0.25, 0.3) is 5.91 Å². The summed E-state index contributed by atoms with van der Waals surface area (Å²) in [4.78, 5) is 21.4. The molecule has 116 valence electrons. The smallest absolute Gasteiger partial charge is 0.277 e. The van der Waals surface area contributed by atoms with E-state index in [2.05, 4.69) is 9.88 Å². The molecular formula is C17H21N3OS. The third-order valence-corrected chi connectivity index (χ3v) is 4.76. The van der Waals surface area contributed by atoms with E-state index in [0.29, 0.717) is 12.2 Å². The fourth-order valence-corrected chi connectivity index (χ4v) is 3.39. The highest BCUT2D eigenvalue weighted by atomic mass is 32.1. The van der Waals surface area contributed by atoms with Crippen molar-refractivity contribution in [3.05, 3.63) is 46.4 Å².